The van der Waals surface area contributed by atoms with Gasteiger partial charge in [0.05, 0.1) is 10.2 Å². The van der Waals surface area contributed by atoms with E-state index >= 15 is 0 Å². The number of terminal acetylenes is 1. The van der Waals surface area contributed by atoms with Crippen LogP contribution in [-0.4, -0.2) is 13.2 Å². The van der Waals surface area contributed by atoms with E-state index in [2.05, 4.69) is 65.0 Å². The van der Waals surface area contributed by atoms with Gasteiger partial charge in [-0.1, -0.05) is 18.1 Å². The zero-order valence-corrected chi connectivity index (χ0v) is 15.5. The Kier molecular flexibility index (Phi) is 6.60. The highest BCUT2D eigenvalue weighted by molar-refractivity contribution is 14.1. The number of anilines is 1. The summed E-state index contributed by atoms with van der Waals surface area (Å²) in [6.07, 6.45) is 5.28. The second-order valence-electron chi connectivity index (χ2n) is 5.05. The van der Waals surface area contributed by atoms with E-state index in [4.69, 9.17) is 15.9 Å². The smallest absolute Gasteiger partial charge is 0.175 e. The van der Waals surface area contributed by atoms with Gasteiger partial charge < -0.3 is 14.8 Å². The van der Waals surface area contributed by atoms with Crippen LogP contribution in [0.5, 0.6) is 11.5 Å². The number of hydrogen-bond donors (Lipinski definition) is 1. The largest absolute Gasteiger partial charge is 0.490 e. The summed E-state index contributed by atoms with van der Waals surface area (Å²) in [7, 11) is 0. The molecule has 0 unspecified atom stereocenters. The van der Waals surface area contributed by atoms with Crippen LogP contribution in [0.1, 0.15) is 18.1 Å². The molecule has 0 aliphatic carbocycles. The molecule has 0 spiro atoms. The summed E-state index contributed by atoms with van der Waals surface area (Å²) in [5.74, 6) is 3.93. The van der Waals surface area contributed by atoms with Crippen molar-refractivity contribution >= 4 is 28.3 Å². The number of nitrogens with one attached hydrogen (secondary N) is 1. The molecule has 23 heavy (non-hydrogen) atoms. The van der Waals surface area contributed by atoms with E-state index in [0.29, 0.717) is 12.4 Å². The summed E-state index contributed by atoms with van der Waals surface area (Å²) in [5.41, 5.74) is 3.47. The fourth-order valence-corrected chi connectivity index (χ4v) is 3.02. The van der Waals surface area contributed by atoms with Crippen LogP contribution in [0.3, 0.4) is 0 Å². The summed E-state index contributed by atoms with van der Waals surface area (Å²) in [6, 6.07) is 12.4. The van der Waals surface area contributed by atoms with Gasteiger partial charge in [-0.15, -0.1) is 6.42 Å². The van der Waals surface area contributed by atoms with E-state index in [0.717, 1.165) is 27.1 Å². The van der Waals surface area contributed by atoms with Gasteiger partial charge in [-0.05, 0) is 71.8 Å². The van der Waals surface area contributed by atoms with E-state index in [9.17, 15) is 0 Å². The van der Waals surface area contributed by atoms with Gasteiger partial charge in [-0.3, -0.25) is 0 Å². The molecule has 0 saturated carbocycles. The molecule has 0 amide bonds. The fourth-order valence-electron chi connectivity index (χ4n) is 2.20. The molecule has 0 radical (unpaired) electrons. The quantitative estimate of drug-likeness (QED) is 0.523. The predicted molar refractivity (Wildman–Crippen MR) is 103 cm³/mol. The molecule has 2 aromatic rings. The van der Waals surface area contributed by atoms with E-state index in [1.54, 1.807) is 0 Å². The van der Waals surface area contributed by atoms with E-state index < -0.39 is 0 Å². The van der Waals surface area contributed by atoms with Gasteiger partial charge in [0.25, 0.3) is 0 Å². The van der Waals surface area contributed by atoms with Gasteiger partial charge in [-0.2, -0.15) is 0 Å². The maximum Gasteiger partial charge on any atom is 0.175 e. The third kappa shape index (κ3) is 5.07. The third-order valence-electron chi connectivity index (χ3n) is 3.18. The average molecular weight is 421 g/mol. The van der Waals surface area contributed by atoms with Crippen LogP contribution >= 0.6 is 22.6 Å². The Hall–Kier alpha value is -1.87. The Bertz CT molecular complexity index is 707. The highest BCUT2D eigenvalue weighted by Gasteiger charge is 2.12. The summed E-state index contributed by atoms with van der Waals surface area (Å²) in [5, 5.41) is 3.43. The minimum Gasteiger partial charge on any atom is -0.490 e. The lowest BCUT2D eigenvalue weighted by Gasteiger charge is -2.15. The third-order valence-corrected chi connectivity index (χ3v) is 3.98. The van der Waals surface area contributed by atoms with Crippen molar-refractivity contribution in [2.24, 2.45) is 0 Å². The second kappa shape index (κ2) is 8.68. The number of hydrogen-bond acceptors (Lipinski definition) is 3. The predicted octanol–water partition coefficient (Wildman–Crippen LogP) is 4.62. The van der Waals surface area contributed by atoms with Gasteiger partial charge in [0, 0.05) is 12.2 Å². The molecule has 0 aromatic heterocycles. The van der Waals surface area contributed by atoms with Crippen molar-refractivity contribution in [3.8, 4) is 23.8 Å². The topological polar surface area (TPSA) is 30.5 Å². The molecular weight excluding hydrogens is 401 g/mol. The molecule has 0 atom stereocenters. The Labute approximate surface area is 151 Å². The number of aryl methyl sites for hydroxylation is 1. The van der Waals surface area contributed by atoms with Gasteiger partial charge >= 0.3 is 0 Å². The SMILES string of the molecule is C#CCOc1c(I)cc(CNc2cccc(C)c2)cc1OCC. The molecule has 0 bridgehead atoms. The lowest BCUT2D eigenvalue weighted by atomic mass is 10.2. The van der Waals surface area contributed by atoms with Crippen molar-refractivity contribution in [3.63, 3.8) is 0 Å². The Morgan fingerprint density at radius 3 is 2.74 bits per heavy atom. The Morgan fingerprint density at radius 1 is 1.22 bits per heavy atom. The maximum atomic E-state index is 5.70. The highest BCUT2D eigenvalue weighted by Crippen LogP contribution is 2.34. The zero-order chi connectivity index (χ0) is 16.7. The number of rotatable bonds is 7. The minimum absolute atomic E-state index is 0.233. The molecule has 4 heteroatoms. The molecular formula is C19H20INO2. The van der Waals surface area contributed by atoms with E-state index in [1.807, 2.05) is 19.1 Å². The fraction of sp³-hybridized carbons (Fsp3) is 0.263. The van der Waals surface area contributed by atoms with Crippen LogP contribution in [0.4, 0.5) is 5.69 Å². The summed E-state index contributed by atoms with van der Waals surface area (Å²) < 4.78 is 12.3. The highest BCUT2D eigenvalue weighted by atomic mass is 127. The van der Waals surface area contributed by atoms with E-state index in [1.165, 1.54) is 5.56 Å². The summed E-state index contributed by atoms with van der Waals surface area (Å²) >= 11 is 2.25. The first-order valence-corrected chi connectivity index (χ1v) is 8.54. The Morgan fingerprint density at radius 2 is 2.04 bits per heavy atom. The lowest BCUT2D eigenvalue weighted by Crippen LogP contribution is -2.05. The molecule has 120 valence electrons. The number of benzene rings is 2. The van der Waals surface area contributed by atoms with Gasteiger partial charge in [0.15, 0.2) is 11.5 Å². The molecule has 2 rings (SSSR count). The van der Waals surface area contributed by atoms with Crippen molar-refractivity contribution in [2.75, 3.05) is 18.5 Å². The number of ether oxygens (including phenoxy) is 2. The van der Waals surface area contributed by atoms with Crippen molar-refractivity contribution in [2.45, 2.75) is 20.4 Å². The van der Waals surface area contributed by atoms with Crippen LogP contribution in [0.2, 0.25) is 0 Å². The molecule has 0 heterocycles. The molecule has 0 aliphatic heterocycles. The van der Waals surface area contributed by atoms with Crippen molar-refractivity contribution in [1.29, 1.82) is 0 Å². The molecule has 0 fully saturated rings. The first-order chi connectivity index (χ1) is 11.1. The van der Waals surface area contributed by atoms with Crippen LogP contribution < -0.4 is 14.8 Å². The average Bonchev–Trinajstić information content (AvgIpc) is 2.52. The van der Waals surface area contributed by atoms with Crippen molar-refractivity contribution in [1.82, 2.24) is 0 Å². The first-order valence-electron chi connectivity index (χ1n) is 7.46. The van der Waals surface area contributed by atoms with Gasteiger partial charge in [-0.25, -0.2) is 0 Å². The molecule has 1 N–H and O–H groups in total. The molecule has 2 aromatic carbocycles. The van der Waals surface area contributed by atoms with Crippen molar-refractivity contribution in [3.05, 3.63) is 51.1 Å². The molecule has 3 nitrogen and oxygen atoms in total. The standard InChI is InChI=1S/C19H20INO2/c1-4-9-23-19-17(20)11-15(12-18(19)22-5-2)13-21-16-8-6-7-14(3)10-16/h1,6-8,10-12,21H,5,9,13H2,2-3H3. The number of halogens is 1. The monoisotopic (exact) mass is 421 g/mol. The van der Waals surface area contributed by atoms with Crippen LogP contribution in [0.15, 0.2) is 36.4 Å². The normalized spacial score (nSPS) is 10.0. The summed E-state index contributed by atoms with van der Waals surface area (Å²) in [4.78, 5) is 0. The maximum absolute atomic E-state index is 5.70. The lowest BCUT2D eigenvalue weighted by molar-refractivity contribution is 0.297. The van der Waals surface area contributed by atoms with Gasteiger partial charge in [0.1, 0.15) is 6.61 Å². The molecule has 0 aliphatic rings. The zero-order valence-electron chi connectivity index (χ0n) is 13.4. The summed E-state index contributed by atoms with van der Waals surface area (Å²) in [6.45, 7) is 5.57. The second-order valence-corrected chi connectivity index (χ2v) is 6.22. The minimum atomic E-state index is 0.233. The molecule has 0 saturated heterocycles. The van der Waals surface area contributed by atoms with Crippen LogP contribution in [0, 0.1) is 22.8 Å². The van der Waals surface area contributed by atoms with Crippen LogP contribution in [-0.2, 0) is 6.54 Å². The van der Waals surface area contributed by atoms with Crippen LogP contribution in [0.25, 0.3) is 0 Å². The van der Waals surface area contributed by atoms with E-state index in [-0.39, 0.29) is 6.61 Å². The van der Waals surface area contributed by atoms with Crippen molar-refractivity contribution < 1.29 is 9.47 Å². The Balaban J connectivity index is 2.17. The van der Waals surface area contributed by atoms with Gasteiger partial charge in [0.2, 0.25) is 0 Å². The first kappa shape index (κ1) is 17.5.